The van der Waals surface area contributed by atoms with Gasteiger partial charge < -0.3 is 0 Å². The molecule has 1 atom stereocenters. The average molecular weight is 296 g/mol. The lowest BCUT2D eigenvalue weighted by Gasteiger charge is -2.17. The van der Waals surface area contributed by atoms with Crippen LogP contribution >= 0.6 is 15.9 Å². The van der Waals surface area contributed by atoms with Crippen LogP contribution in [0.25, 0.3) is 0 Å². The number of hydrogen-bond acceptors (Lipinski definition) is 4. The van der Waals surface area contributed by atoms with Gasteiger partial charge in [-0.2, -0.15) is 5.10 Å². The van der Waals surface area contributed by atoms with Crippen LogP contribution in [0.15, 0.2) is 29.0 Å². The highest BCUT2D eigenvalue weighted by atomic mass is 79.9. The Morgan fingerprint density at radius 2 is 2.18 bits per heavy atom. The van der Waals surface area contributed by atoms with E-state index < -0.39 is 0 Å². The molecule has 3 N–H and O–H groups in total. The van der Waals surface area contributed by atoms with E-state index in [9.17, 15) is 0 Å². The molecule has 2 aromatic heterocycles. The lowest BCUT2D eigenvalue weighted by atomic mass is 10.1. The number of aromatic nitrogens is 3. The molecule has 0 bridgehead atoms. The van der Waals surface area contributed by atoms with Gasteiger partial charge in [-0.25, -0.2) is 5.43 Å². The normalized spacial score (nSPS) is 12.7. The summed E-state index contributed by atoms with van der Waals surface area (Å²) in [5.74, 6) is 5.63. The van der Waals surface area contributed by atoms with Crippen molar-refractivity contribution in [3.8, 4) is 0 Å². The van der Waals surface area contributed by atoms with Crippen molar-refractivity contribution in [1.82, 2.24) is 20.2 Å². The molecular weight excluding hydrogens is 282 g/mol. The Kier molecular flexibility index (Phi) is 3.56. The third kappa shape index (κ3) is 2.38. The molecule has 90 valence electrons. The molecule has 0 fully saturated rings. The van der Waals surface area contributed by atoms with Gasteiger partial charge in [0.25, 0.3) is 0 Å². The van der Waals surface area contributed by atoms with Crippen LogP contribution in [0.3, 0.4) is 0 Å². The topological polar surface area (TPSA) is 68.8 Å². The minimum Gasteiger partial charge on any atom is -0.271 e. The van der Waals surface area contributed by atoms with E-state index >= 15 is 0 Å². The van der Waals surface area contributed by atoms with Gasteiger partial charge in [0.1, 0.15) is 0 Å². The van der Waals surface area contributed by atoms with Gasteiger partial charge in [0.05, 0.1) is 22.4 Å². The SMILES string of the molecule is Cc1ccc(C(NN)c2c(Br)cnn2C)cn1. The first kappa shape index (κ1) is 12.2. The minimum atomic E-state index is -0.134. The molecule has 2 rings (SSSR count). The van der Waals surface area contributed by atoms with E-state index in [-0.39, 0.29) is 6.04 Å². The van der Waals surface area contributed by atoms with Crippen LogP contribution in [0.4, 0.5) is 0 Å². The van der Waals surface area contributed by atoms with Crippen LogP contribution in [0.1, 0.15) is 23.0 Å². The summed E-state index contributed by atoms with van der Waals surface area (Å²) in [6.45, 7) is 1.95. The van der Waals surface area contributed by atoms with Gasteiger partial charge in [-0.3, -0.25) is 15.5 Å². The zero-order chi connectivity index (χ0) is 12.4. The highest BCUT2D eigenvalue weighted by Gasteiger charge is 2.19. The van der Waals surface area contributed by atoms with E-state index in [1.165, 1.54) is 0 Å². The summed E-state index contributed by atoms with van der Waals surface area (Å²) in [7, 11) is 1.88. The molecule has 1 unspecified atom stereocenters. The molecule has 0 saturated carbocycles. The van der Waals surface area contributed by atoms with Crippen molar-refractivity contribution in [2.45, 2.75) is 13.0 Å². The van der Waals surface area contributed by atoms with Crippen molar-refractivity contribution in [3.63, 3.8) is 0 Å². The maximum atomic E-state index is 5.63. The molecule has 17 heavy (non-hydrogen) atoms. The number of hydrazine groups is 1. The van der Waals surface area contributed by atoms with Crippen LogP contribution in [-0.4, -0.2) is 14.8 Å². The number of nitrogens with two attached hydrogens (primary N) is 1. The first-order valence-electron chi connectivity index (χ1n) is 5.19. The maximum absolute atomic E-state index is 5.63. The summed E-state index contributed by atoms with van der Waals surface area (Å²) in [5, 5.41) is 4.18. The second kappa shape index (κ2) is 4.95. The van der Waals surface area contributed by atoms with Gasteiger partial charge >= 0.3 is 0 Å². The molecule has 0 spiro atoms. The van der Waals surface area contributed by atoms with Crippen molar-refractivity contribution >= 4 is 15.9 Å². The van der Waals surface area contributed by atoms with Crippen LogP contribution in [-0.2, 0) is 7.05 Å². The van der Waals surface area contributed by atoms with Gasteiger partial charge in [0, 0.05) is 18.9 Å². The zero-order valence-electron chi connectivity index (χ0n) is 9.68. The van der Waals surface area contributed by atoms with Crippen molar-refractivity contribution in [2.75, 3.05) is 0 Å². The van der Waals surface area contributed by atoms with E-state index in [1.807, 2.05) is 32.3 Å². The standard InChI is InChI=1S/C11H14BrN5/c1-7-3-4-8(5-14-7)10(16-13)11-9(12)6-15-17(11)2/h3-6,10,16H,13H2,1-2H3. The fourth-order valence-electron chi connectivity index (χ4n) is 1.73. The molecule has 2 heterocycles. The molecule has 0 aromatic carbocycles. The smallest absolute Gasteiger partial charge is 0.0904 e. The number of hydrogen-bond donors (Lipinski definition) is 2. The Labute approximate surface area is 108 Å². The van der Waals surface area contributed by atoms with Gasteiger partial charge in [-0.1, -0.05) is 6.07 Å². The molecule has 0 radical (unpaired) electrons. The van der Waals surface area contributed by atoms with E-state index in [2.05, 4.69) is 31.4 Å². The molecule has 0 aliphatic rings. The van der Waals surface area contributed by atoms with E-state index in [4.69, 9.17) is 5.84 Å². The molecule has 6 heteroatoms. The Balaban J connectivity index is 2.43. The third-order valence-electron chi connectivity index (χ3n) is 2.65. The predicted octanol–water partition coefficient (Wildman–Crippen LogP) is 1.44. The van der Waals surface area contributed by atoms with Crippen molar-refractivity contribution in [2.24, 2.45) is 12.9 Å². The summed E-state index contributed by atoms with van der Waals surface area (Å²) in [6, 6.07) is 3.83. The monoisotopic (exact) mass is 295 g/mol. The molecular formula is C11H14BrN5. The van der Waals surface area contributed by atoms with Gasteiger partial charge in [-0.15, -0.1) is 0 Å². The third-order valence-corrected chi connectivity index (χ3v) is 3.26. The highest BCUT2D eigenvalue weighted by Crippen LogP contribution is 2.27. The fraction of sp³-hybridized carbons (Fsp3) is 0.273. The summed E-state index contributed by atoms with van der Waals surface area (Å²) in [4.78, 5) is 4.28. The van der Waals surface area contributed by atoms with Crippen LogP contribution in [0, 0.1) is 6.92 Å². The van der Waals surface area contributed by atoms with Crippen LogP contribution in [0.5, 0.6) is 0 Å². The quantitative estimate of drug-likeness (QED) is 0.664. The molecule has 0 aliphatic heterocycles. The average Bonchev–Trinajstić information content (AvgIpc) is 2.64. The Hall–Kier alpha value is -1.24. The zero-order valence-corrected chi connectivity index (χ0v) is 11.3. The Bertz CT molecular complexity index is 486. The van der Waals surface area contributed by atoms with Crippen molar-refractivity contribution < 1.29 is 0 Å². The lowest BCUT2D eigenvalue weighted by molar-refractivity contribution is 0.571. The van der Waals surface area contributed by atoms with E-state index in [1.54, 1.807) is 10.9 Å². The molecule has 0 amide bonds. The first-order valence-corrected chi connectivity index (χ1v) is 5.99. The van der Waals surface area contributed by atoms with Crippen LogP contribution in [0.2, 0.25) is 0 Å². The molecule has 0 aliphatic carbocycles. The number of nitrogens with zero attached hydrogens (tertiary/aromatic N) is 3. The van der Waals surface area contributed by atoms with Crippen molar-refractivity contribution in [3.05, 3.63) is 46.0 Å². The van der Waals surface area contributed by atoms with Gasteiger partial charge in [0.15, 0.2) is 0 Å². The summed E-state index contributed by atoms with van der Waals surface area (Å²) in [6.07, 6.45) is 3.57. The highest BCUT2D eigenvalue weighted by molar-refractivity contribution is 9.10. The number of pyridine rings is 1. The number of nitrogens with one attached hydrogen (secondary N) is 1. The molecule has 5 nitrogen and oxygen atoms in total. The van der Waals surface area contributed by atoms with E-state index in [0.29, 0.717) is 0 Å². The Morgan fingerprint density at radius 3 is 2.65 bits per heavy atom. The van der Waals surface area contributed by atoms with Crippen LogP contribution < -0.4 is 11.3 Å². The van der Waals surface area contributed by atoms with Crippen molar-refractivity contribution in [1.29, 1.82) is 0 Å². The lowest BCUT2D eigenvalue weighted by Crippen LogP contribution is -2.30. The summed E-state index contributed by atoms with van der Waals surface area (Å²) >= 11 is 3.47. The minimum absolute atomic E-state index is 0.134. The Morgan fingerprint density at radius 1 is 1.41 bits per heavy atom. The maximum Gasteiger partial charge on any atom is 0.0904 e. The summed E-state index contributed by atoms with van der Waals surface area (Å²) in [5.41, 5.74) is 5.74. The first-order chi connectivity index (χ1) is 8.13. The number of halogens is 1. The largest absolute Gasteiger partial charge is 0.271 e. The molecule has 2 aromatic rings. The molecule has 0 saturated heterocycles. The van der Waals surface area contributed by atoms with Gasteiger partial charge in [-0.05, 0) is 34.5 Å². The number of rotatable bonds is 3. The second-order valence-electron chi connectivity index (χ2n) is 3.83. The van der Waals surface area contributed by atoms with E-state index in [0.717, 1.165) is 21.4 Å². The fourth-order valence-corrected chi connectivity index (χ4v) is 2.31. The summed E-state index contributed by atoms with van der Waals surface area (Å²) < 4.78 is 2.71. The van der Waals surface area contributed by atoms with Gasteiger partial charge in [0.2, 0.25) is 0 Å². The predicted molar refractivity (Wildman–Crippen MR) is 69.0 cm³/mol. The number of aryl methyl sites for hydroxylation is 2. The second-order valence-corrected chi connectivity index (χ2v) is 4.69.